The van der Waals surface area contributed by atoms with Crippen molar-refractivity contribution in [2.24, 2.45) is 5.73 Å². The number of hydrogen-bond acceptors (Lipinski definition) is 2. The van der Waals surface area contributed by atoms with E-state index in [-0.39, 0.29) is 11.7 Å². The summed E-state index contributed by atoms with van der Waals surface area (Å²) >= 11 is 0. The van der Waals surface area contributed by atoms with Crippen LogP contribution in [0.25, 0.3) is 0 Å². The summed E-state index contributed by atoms with van der Waals surface area (Å²) < 4.78 is 12.7. The monoisotopic (exact) mass is 239 g/mol. The molecule has 0 fully saturated rings. The summed E-state index contributed by atoms with van der Waals surface area (Å²) in [6.07, 6.45) is 2.89. The zero-order valence-electron chi connectivity index (χ0n) is 9.73. The van der Waals surface area contributed by atoms with Crippen LogP contribution in [-0.4, -0.2) is 11.0 Å². The van der Waals surface area contributed by atoms with Crippen molar-refractivity contribution >= 4 is 5.91 Å². The molecule has 4 heteroatoms. The number of carbonyl (C=O) groups is 1. The number of benzene rings is 1. The van der Waals surface area contributed by atoms with Crippen LogP contribution in [0.4, 0.5) is 4.39 Å². The SMILES string of the molecule is NC(=O)CCCCCC(O)c1ccc(F)cc1. The third kappa shape index (κ3) is 5.45. The van der Waals surface area contributed by atoms with E-state index >= 15 is 0 Å². The standard InChI is InChI=1S/C13H18FNO2/c14-11-8-6-10(7-9-11)12(16)4-2-1-3-5-13(15)17/h6-9,12,16H,1-5H2,(H2,15,17). The first-order chi connectivity index (χ1) is 8.09. The quantitative estimate of drug-likeness (QED) is 0.717. The summed E-state index contributed by atoms with van der Waals surface area (Å²) in [7, 11) is 0. The fourth-order valence-electron chi connectivity index (χ4n) is 1.67. The molecule has 0 radical (unpaired) electrons. The number of aliphatic hydroxyl groups excluding tert-OH is 1. The number of nitrogens with two attached hydrogens (primary N) is 1. The van der Waals surface area contributed by atoms with Gasteiger partial charge >= 0.3 is 0 Å². The van der Waals surface area contributed by atoms with Crippen molar-refractivity contribution in [3.63, 3.8) is 0 Å². The Hall–Kier alpha value is -1.42. The molecule has 1 atom stereocenters. The zero-order chi connectivity index (χ0) is 12.7. The molecule has 17 heavy (non-hydrogen) atoms. The highest BCUT2D eigenvalue weighted by Crippen LogP contribution is 2.20. The van der Waals surface area contributed by atoms with Crippen LogP contribution < -0.4 is 5.73 Å². The van der Waals surface area contributed by atoms with Crippen molar-refractivity contribution in [2.75, 3.05) is 0 Å². The van der Waals surface area contributed by atoms with Gasteiger partial charge in [-0.15, -0.1) is 0 Å². The Morgan fingerprint density at radius 1 is 1.24 bits per heavy atom. The first kappa shape index (κ1) is 13.6. The molecule has 0 saturated carbocycles. The molecular formula is C13H18FNO2. The second-order valence-electron chi connectivity index (χ2n) is 4.13. The number of amides is 1. The number of hydrogen-bond donors (Lipinski definition) is 2. The van der Waals surface area contributed by atoms with Crippen LogP contribution in [0.2, 0.25) is 0 Å². The Labute approximate surface area is 100 Å². The lowest BCUT2D eigenvalue weighted by molar-refractivity contribution is -0.118. The highest BCUT2D eigenvalue weighted by atomic mass is 19.1. The Balaban J connectivity index is 2.23. The number of carbonyl (C=O) groups excluding carboxylic acids is 1. The van der Waals surface area contributed by atoms with Gasteiger partial charge in [-0.25, -0.2) is 4.39 Å². The van der Waals surface area contributed by atoms with Crippen LogP contribution in [0.15, 0.2) is 24.3 Å². The topological polar surface area (TPSA) is 63.3 Å². The zero-order valence-corrected chi connectivity index (χ0v) is 9.73. The summed E-state index contributed by atoms with van der Waals surface area (Å²) in [4.78, 5) is 10.5. The van der Waals surface area contributed by atoms with Gasteiger partial charge in [-0.2, -0.15) is 0 Å². The van der Waals surface area contributed by atoms with Gasteiger partial charge < -0.3 is 10.8 Å². The van der Waals surface area contributed by atoms with E-state index in [4.69, 9.17) is 5.73 Å². The predicted octanol–water partition coefficient (Wildman–Crippen LogP) is 2.29. The van der Waals surface area contributed by atoms with Crippen molar-refractivity contribution in [1.82, 2.24) is 0 Å². The Morgan fingerprint density at radius 3 is 2.47 bits per heavy atom. The van der Waals surface area contributed by atoms with E-state index in [1.807, 2.05) is 0 Å². The van der Waals surface area contributed by atoms with Crippen LogP contribution in [0.3, 0.4) is 0 Å². The molecule has 0 saturated heterocycles. The molecule has 0 bridgehead atoms. The first-order valence-electron chi connectivity index (χ1n) is 5.81. The Kier molecular flexibility index (Phi) is 5.63. The van der Waals surface area contributed by atoms with Gasteiger partial charge in [-0.3, -0.25) is 4.79 Å². The number of aliphatic hydroxyl groups is 1. The smallest absolute Gasteiger partial charge is 0.217 e. The summed E-state index contributed by atoms with van der Waals surface area (Å²) in [6.45, 7) is 0. The van der Waals surface area contributed by atoms with Crippen LogP contribution in [0.5, 0.6) is 0 Å². The average molecular weight is 239 g/mol. The molecule has 0 aliphatic heterocycles. The molecule has 3 nitrogen and oxygen atoms in total. The molecule has 3 N–H and O–H groups in total. The number of primary amides is 1. The lowest BCUT2D eigenvalue weighted by atomic mass is 10.0. The average Bonchev–Trinajstić information content (AvgIpc) is 2.29. The summed E-state index contributed by atoms with van der Waals surface area (Å²) in [5.74, 6) is -0.591. The lowest BCUT2D eigenvalue weighted by Crippen LogP contribution is -2.09. The molecule has 0 aliphatic rings. The first-order valence-corrected chi connectivity index (χ1v) is 5.81. The van der Waals surface area contributed by atoms with Crippen LogP contribution in [-0.2, 0) is 4.79 Å². The van der Waals surface area contributed by atoms with Crippen molar-refractivity contribution in [3.05, 3.63) is 35.6 Å². The van der Waals surface area contributed by atoms with Crippen molar-refractivity contribution in [3.8, 4) is 0 Å². The molecule has 1 amide bonds. The second-order valence-corrected chi connectivity index (χ2v) is 4.13. The Morgan fingerprint density at radius 2 is 1.88 bits per heavy atom. The van der Waals surface area contributed by atoms with E-state index in [1.54, 1.807) is 12.1 Å². The normalized spacial score (nSPS) is 12.4. The predicted molar refractivity (Wildman–Crippen MR) is 63.6 cm³/mol. The molecule has 1 unspecified atom stereocenters. The fourth-order valence-corrected chi connectivity index (χ4v) is 1.67. The maximum absolute atomic E-state index is 12.7. The molecule has 1 aromatic rings. The van der Waals surface area contributed by atoms with Gasteiger partial charge in [0.25, 0.3) is 0 Å². The maximum atomic E-state index is 12.7. The van der Waals surface area contributed by atoms with Gasteiger partial charge in [0, 0.05) is 6.42 Å². The molecule has 94 valence electrons. The second kappa shape index (κ2) is 7.01. The van der Waals surface area contributed by atoms with E-state index in [0.717, 1.165) is 24.8 Å². The van der Waals surface area contributed by atoms with Crippen molar-refractivity contribution in [1.29, 1.82) is 0 Å². The van der Waals surface area contributed by atoms with Gasteiger partial charge in [0.05, 0.1) is 6.10 Å². The van der Waals surface area contributed by atoms with Gasteiger partial charge in [-0.05, 0) is 30.5 Å². The molecular weight excluding hydrogens is 221 g/mol. The molecule has 0 aromatic heterocycles. The summed E-state index contributed by atoms with van der Waals surface area (Å²) in [6, 6.07) is 5.85. The van der Waals surface area contributed by atoms with Gasteiger partial charge in [0.15, 0.2) is 0 Å². The van der Waals surface area contributed by atoms with E-state index in [2.05, 4.69) is 0 Å². The van der Waals surface area contributed by atoms with Crippen LogP contribution in [0, 0.1) is 5.82 Å². The largest absolute Gasteiger partial charge is 0.388 e. The third-order valence-corrected chi connectivity index (χ3v) is 2.66. The third-order valence-electron chi connectivity index (χ3n) is 2.66. The number of halogens is 1. The van der Waals surface area contributed by atoms with E-state index in [9.17, 15) is 14.3 Å². The van der Waals surface area contributed by atoms with Crippen molar-refractivity contribution < 1.29 is 14.3 Å². The number of unbranched alkanes of at least 4 members (excludes halogenated alkanes) is 2. The maximum Gasteiger partial charge on any atom is 0.217 e. The van der Waals surface area contributed by atoms with Crippen molar-refractivity contribution in [2.45, 2.75) is 38.2 Å². The minimum Gasteiger partial charge on any atom is -0.388 e. The molecule has 1 rings (SSSR count). The summed E-state index contributed by atoms with van der Waals surface area (Å²) in [5.41, 5.74) is 5.74. The molecule has 1 aromatic carbocycles. The summed E-state index contributed by atoms with van der Waals surface area (Å²) in [5, 5.41) is 9.81. The van der Waals surface area contributed by atoms with E-state index in [1.165, 1.54) is 12.1 Å². The highest BCUT2D eigenvalue weighted by Gasteiger charge is 2.07. The van der Waals surface area contributed by atoms with Gasteiger partial charge in [-0.1, -0.05) is 25.0 Å². The molecule has 0 aliphatic carbocycles. The van der Waals surface area contributed by atoms with Crippen LogP contribution in [0.1, 0.15) is 43.8 Å². The van der Waals surface area contributed by atoms with E-state index < -0.39 is 6.10 Å². The lowest BCUT2D eigenvalue weighted by Gasteiger charge is -2.10. The van der Waals surface area contributed by atoms with E-state index in [0.29, 0.717) is 12.8 Å². The minimum atomic E-state index is -0.566. The molecule has 0 spiro atoms. The Bertz CT molecular complexity index is 351. The van der Waals surface area contributed by atoms with Gasteiger partial charge in [0.1, 0.15) is 5.82 Å². The van der Waals surface area contributed by atoms with Crippen LogP contribution >= 0.6 is 0 Å². The number of rotatable bonds is 7. The van der Waals surface area contributed by atoms with Gasteiger partial charge in [0.2, 0.25) is 5.91 Å². The molecule has 0 heterocycles. The highest BCUT2D eigenvalue weighted by molar-refractivity contribution is 5.73. The minimum absolute atomic E-state index is 0.288. The fraction of sp³-hybridized carbons (Fsp3) is 0.462.